The molecule has 0 aliphatic heterocycles. The van der Waals surface area contributed by atoms with Crippen LogP contribution in [-0.4, -0.2) is 40.5 Å². The standard InChI is InChI=1S/C22H19N3O7S/c1-3-31-20(27)15-9-16(11-17(10-15)25(29)30)21(28)32-13(2)19(26)24-22-23-18(12-33-22)14-7-5-4-6-8-14/h4-13H,3H2,1-2H3,(H,23,24,26). The number of thiazole rings is 1. The number of nitro benzene ring substituents is 1. The molecule has 0 radical (unpaired) electrons. The van der Waals surface area contributed by atoms with Crippen LogP contribution in [0.3, 0.4) is 0 Å². The molecule has 3 rings (SSSR count). The van der Waals surface area contributed by atoms with Crippen LogP contribution in [-0.2, 0) is 14.3 Å². The van der Waals surface area contributed by atoms with Crippen molar-refractivity contribution < 1.29 is 28.8 Å². The van der Waals surface area contributed by atoms with Crippen LogP contribution in [0.15, 0.2) is 53.9 Å². The molecule has 1 amide bonds. The Hall–Kier alpha value is -4.12. The van der Waals surface area contributed by atoms with Gasteiger partial charge in [0.15, 0.2) is 11.2 Å². The van der Waals surface area contributed by atoms with E-state index in [1.165, 1.54) is 18.3 Å². The first-order chi connectivity index (χ1) is 15.8. The van der Waals surface area contributed by atoms with Crippen LogP contribution in [0.5, 0.6) is 0 Å². The fraction of sp³-hybridized carbons (Fsp3) is 0.182. The lowest BCUT2D eigenvalue weighted by atomic mass is 10.1. The molecule has 0 aliphatic carbocycles. The van der Waals surface area contributed by atoms with E-state index in [1.807, 2.05) is 30.3 Å². The normalized spacial score (nSPS) is 11.3. The van der Waals surface area contributed by atoms with Crippen molar-refractivity contribution in [1.29, 1.82) is 0 Å². The highest BCUT2D eigenvalue weighted by molar-refractivity contribution is 7.14. The van der Waals surface area contributed by atoms with Crippen LogP contribution in [0.2, 0.25) is 0 Å². The highest BCUT2D eigenvalue weighted by Gasteiger charge is 2.24. The monoisotopic (exact) mass is 469 g/mol. The van der Waals surface area contributed by atoms with Gasteiger partial charge in [0.2, 0.25) is 0 Å². The number of benzene rings is 2. The predicted octanol–water partition coefficient (Wildman–Crippen LogP) is 4.08. The van der Waals surface area contributed by atoms with Crippen molar-refractivity contribution in [3.05, 3.63) is 75.2 Å². The Kier molecular flexibility index (Phi) is 7.46. The maximum atomic E-state index is 12.5. The lowest BCUT2D eigenvalue weighted by molar-refractivity contribution is -0.384. The van der Waals surface area contributed by atoms with E-state index in [4.69, 9.17) is 9.47 Å². The van der Waals surface area contributed by atoms with Gasteiger partial charge in [0.05, 0.1) is 28.4 Å². The number of esters is 2. The van der Waals surface area contributed by atoms with Gasteiger partial charge in [0.1, 0.15) is 0 Å². The maximum absolute atomic E-state index is 12.5. The summed E-state index contributed by atoms with van der Waals surface area (Å²) in [5.74, 6) is -2.46. The smallest absolute Gasteiger partial charge is 0.339 e. The molecular formula is C22H19N3O7S. The van der Waals surface area contributed by atoms with Crippen LogP contribution in [0.1, 0.15) is 34.6 Å². The van der Waals surface area contributed by atoms with Crippen LogP contribution in [0, 0.1) is 10.1 Å². The number of hydrogen-bond acceptors (Lipinski definition) is 9. The predicted molar refractivity (Wildman–Crippen MR) is 120 cm³/mol. The summed E-state index contributed by atoms with van der Waals surface area (Å²) in [5.41, 5.74) is 0.653. The summed E-state index contributed by atoms with van der Waals surface area (Å²) in [7, 11) is 0. The summed E-state index contributed by atoms with van der Waals surface area (Å²) >= 11 is 1.21. The molecule has 1 atom stereocenters. The minimum atomic E-state index is -1.23. The lowest BCUT2D eigenvalue weighted by Crippen LogP contribution is -2.30. The Balaban J connectivity index is 1.69. The Morgan fingerprint density at radius 2 is 1.79 bits per heavy atom. The number of nitro groups is 1. The van der Waals surface area contributed by atoms with Gasteiger partial charge in [-0.2, -0.15) is 0 Å². The van der Waals surface area contributed by atoms with Crippen molar-refractivity contribution in [2.45, 2.75) is 20.0 Å². The molecule has 2 aromatic carbocycles. The second-order valence-electron chi connectivity index (χ2n) is 6.69. The fourth-order valence-electron chi connectivity index (χ4n) is 2.73. The Labute approximate surface area is 192 Å². The minimum Gasteiger partial charge on any atom is -0.462 e. The van der Waals surface area contributed by atoms with Crippen LogP contribution in [0.4, 0.5) is 10.8 Å². The SMILES string of the molecule is CCOC(=O)c1cc(C(=O)OC(C)C(=O)Nc2nc(-c3ccccc3)cs2)cc([N+](=O)[O-])c1. The molecule has 11 heteroatoms. The summed E-state index contributed by atoms with van der Waals surface area (Å²) in [6.45, 7) is 2.99. The first-order valence-corrected chi connectivity index (χ1v) is 10.7. The topological polar surface area (TPSA) is 138 Å². The number of carbonyl (C=O) groups excluding carboxylic acids is 3. The first-order valence-electron chi connectivity index (χ1n) is 9.78. The minimum absolute atomic E-state index is 0.0568. The average molecular weight is 469 g/mol. The molecule has 0 fully saturated rings. The zero-order valence-electron chi connectivity index (χ0n) is 17.6. The van der Waals surface area contributed by atoms with Crippen LogP contribution >= 0.6 is 11.3 Å². The van der Waals surface area contributed by atoms with Gasteiger partial charge in [-0.1, -0.05) is 30.3 Å². The Bertz CT molecular complexity index is 1190. The Morgan fingerprint density at radius 1 is 1.12 bits per heavy atom. The number of rotatable bonds is 8. The number of amides is 1. The van der Waals surface area contributed by atoms with Crippen molar-refractivity contribution in [2.75, 3.05) is 11.9 Å². The molecule has 1 unspecified atom stereocenters. The number of hydrogen-bond donors (Lipinski definition) is 1. The summed E-state index contributed by atoms with van der Waals surface area (Å²) in [5, 5.41) is 15.9. The van der Waals surface area contributed by atoms with Crippen molar-refractivity contribution >= 4 is 40.0 Å². The molecule has 170 valence electrons. The van der Waals surface area contributed by atoms with Gasteiger partial charge in [0, 0.05) is 23.1 Å². The van der Waals surface area contributed by atoms with Gasteiger partial charge in [-0.3, -0.25) is 20.2 Å². The van der Waals surface area contributed by atoms with Gasteiger partial charge in [0.25, 0.3) is 11.6 Å². The molecule has 1 heterocycles. The third-order valence-corrected chi connectivity index (χ3v) is 5.09. The number of carbonyl (C=O) groups is 3. The molecule has 0 bridgehead atoms. The van der Waals surface area contributed by atoms with E-state index in [0.29, 0.717) is 10.8 Å². The number of nitrogens with one attached hydrogen (secondary N) is 1. The molecule has 1 N–H and O–H groups in total. The fourth-order valence-corrected chi connectivity index (χ4v) is 3.45. The highest BCUT2D eigenvalue weighted by Crippen LogP contribution is 2.25. The van der Waals surface area contributed by atoms with Crippen molar-refractivity contribution in [2.24, 2.45) is 0 Å². The van der Waals surface area contributed by atoms with Crippen molar-refractivity contribution in [1.82, 2.24) is 4.98 Å². The van der Waals surface area contributed by atoms with E-state index in [-0.39, 0.29) is 17.7 Å². The molecule has 0 saturated heterocycles. The zero-order chi connectivity index (χ0) is 24.0. The van der Waals surface area contributed by atoms with E-state index in [9.17, 15) is 24.5 Å². The first kappa shape index (κ1) is 23.5. The molecule has 0 saturated carbocycles. The summed E-state index contributed by atoms with van der Waals surface area (Å²) in [6, 6.07) is 12.5. The van der Waals surface area contributed by atoms with Gasteiger partial charge < -0.3 is 9.47 Å². The lowest BCUT2D eigenvalue weighted by Gasteiger charge is -2.13. The van der Waals surface area contributed by atoms with E-state index < -0.39 is 34.6 Å². The largest absolute Gasteiger partial charge is 0.462 e. The maximum Gasteiger partial charge on any atom is 0.339 e. The van der Waals surface area contributed by atoms with Gasteiger partial charge in [-0.15, -0.1) is 11.3 Å². The number of anilines is 1. The average Bonchev–Trinajstić information content (AvgIpc) is 3.27. The van der Waals surface area contributed by atoms with Crippen molar-refractivity contribution in [3.63, 3.8) is 0 Å². The molecule has 33 heavy (non-hydrogen) atoms. The molecule has 10 nitrogen and oxygen atoms in total. The Morgan fingerprint density at radius 3 is 2.42 bits per heavy atom. The van der Waals surface area contributed by atoms with E-state index >= 15 is 0 Å². The summed E-state index contributed by atoms with van der Waals surface area (Å²) in [4.78, 5) is 51.7. The third kappa shape index (κ3) is 5.98. The number of aromatic nitrogens is 1. The van der Waals surface area contributed by atoms with Crippen molar-refractivity contribution in [3.8, 4) is 11.3 Å². The second-order valence-corrected chi connectivity index (χ2v) is 7.54. The van der Waals surface area contributed by atoms with Crippen LogP contribution in [0.25, 0.3) is 11.3 Å². The molecule has 0 aliphatic rings. The van der Waals surface area contributed by atoms with Gasteiger partial charge in [-0.05, 0) is 19.9 Å². The number of ether oxygens (including phenoxy) is 2. The summed E-state index contributed by atoms with van der Waals surface area (Å²) in [6.07, 6.45) is -1.23. The number of nitrogens with zero attached hydrogens (tertiary/aromatic N) is 2. The van der Waals surface area contributed by atoms with Gasteiger partial charge >= 0.3 is 11.9 Å². The van der Waals surface area contributed by atoms with Gasteiger partial charge in [-0.25, -0.2) is 14.6 Å². The highest BCUT2D eigenvalue weighted by atomic mass is 32.1. The quantitative estimate of drug-likeness (QED) is 0.296. The van der Waals surface area contributed by atoms with Crippen LogP contribution < -0.4 is 5.32 Å². The molecule has 0 spiro atoms. The molecule has 1 aromatic heterocycles. The van der Waals surface area contributed by atoms with E-state index in [0.717, 1.165) is 23.8 Å². The second kappa shape index (κ2) is 10.5. The third-order valence-electron chi connectivity index (χ3n) is 4.33. The zero-order valence-corrected chi connectivity index (χ0v) is 18.5. The summed E-state index contributed by atoms with van der Waals surface area (Å²) < 4.78 is 9.98. The van der Waals surface area contributed by atoms with E-state index in [1.54, 1.807) is 12.3 Å². The van der Waals surface area contributed by atoms with E-state index in [2.05, 4.69) is 10.3 Å². The number of non-ortho nitro benzene ring substituents is 1. The molecule has 3 aromatic rings. The molecular weight excluding hydrogens is 450 g/mol.